The molecule has 1 aromatic heterocycles. The van der Waals surface area contributed by atoms with Crippen LogP contribution in [0.1, 0.15) is 19.4 Å². The van der Waals surface area contributed by atoms with Crippen LogP contribution in [0.15, 0.2) is 22.7 Å². The van der Waals surface area contributed by atoms with Gasteiger partial charge in [0, 0.05) is 23.1 Å². The van der Waals surface area contributed by atoms with Gasteiger partial charge in [-0.2, -0.15) is 0 Å². The summed E-state index contributed by atoms with van der Waals surface area (Å²) in [6, 6.07) is 6.21. The van der Waals surface area contributed by atoms with Crippen LogP contribution in [0.2, 0.25) is 0 Å². The summed E-state index contributed by atoms with van der Waals surface area (Å²) in [6.45, 7) is 7.93. The molecule has 1 N–H and O–H groups in total. The number of halogens is 1. The van der Waals surface area contributed by atoms with E-state index in [-0.39, 0.29) is 0 Å². The Bertz CT molecular complexity index is 548. The first-order chi connectivity index (χ1) is 8.67. The molecule has 2 aromatic rings. The van der Waals surface area contributed by atoms with Gasteiger partial charge in [-0.25, -0.2) is 0 Å². The Morgan fingerprint density at radius 2 is 2.06 bits per heavy atom. The van der Waals surface area contributed by atoms with E-state index in [1.54, 1.807) is 0 Å². The molecule has 0 saturated heterocycles. The summed E-state index contributed by atoms with van der Waals surface area (Å²) >= 11 is 3.50. The van der Waals surface area contributed by atoms with Gasteiger partial charge >= 0.3 is 0 Å². The number of aryl methyl sites for hydroxylation is 1. The minimum absolute atomic E-state index is 0.828. The molecule has 1 heterocycles. The van der Waals surface area contributed by atoms with Crippen molar-refractivity contribution in [1.82, 2.24) is 14.8 Å². The molecule has 0 aliphatic carbocycles. The molecular weight excluding hydrogens is 292 g/mol. The van der Waals surface area contributed by atoms with Crippen LogP contribution < -0.4 is 5.32 Å². The van der Waals surface area contributed by atoms with Crippen molar-refractivity contribution < 1.29 is 0 Å². The van der Waals surface area contributed by atoms with Gasteiger partial charge in [0.2, 0.25) is 5.95 Å². The Labute approximate surface area is 116 Å². The van der Waals surface area contributed by atoms with Crippen molar-refractivity contribution in [2.45, 2.75) is 27.3 Å². The fraction of sp³-hybridized carbons (Fsp3) is 0.385. The van der Waals surface area contributed by atoms with E-state index in [1.807, 2.05) is 6.07 Å². The van der Waals surface area contributed by atoms with E-state index in [2.05, 4.69) is 68.9 Å². The van der Waals surface area contributed by atoms with E-state index in [4.69, 9.17) is 0 Å². The third-order valence-electron chi connectivity index (χ3n) is 2.84. The maximum atomic E-state index is 4.31. The fourth-order valence-corrected chi connectivity index (χ4v) is 2.29. The molecule has 2 rings (SSSR count). The highest BCUT2D eigenvalue weighted by atomic mass is 79.9. The van der Waals surface area contributed by atoms with Gasteiger partial charge in [-0.05, 0) is 38.5 Å². The zero-order valence-corrected chi connectivity index (χ0v) is 12.5. The molecule has 4 nitrogen and oxygen atoms in total. The summed E-state index contributed by atoms with van der Waals surface area (Å²) in [5, 5.41) is 11.7. The maximum Gasteiger partial charge on any atom is 0.224 e. The standard InChI is InChI=1S/C13H17BrN4/c1-4-15-13-17-16-12(18(13)5-2)11-8-10(14)7-6-9(11)3/h6-8H,4-5H2,1-3H3,(H,15,17). The van der Waals surface area contributed by atoms with E-state index in [1.165, 1.54) is 5.56 Å². The maximum absolute atomic E-state index is 4.31. The van der Waals surface area contributed by atoms with Crippen LogP contribution in [0.3, 0.4) is 0 Å². The first-order valence-corrected chi connectivity index (χ1v) is 6.90. The summed E-state index contributed by atoms with van der Waals surface area (Å²) in [7, 11) is 0. The molecule has 0 amide bonds. The fourth-order valence-electron chi connectivity index (χ4n) is 1.93. The number of benzene rings is 1. The Hall–Kier alpha value is -1.36. The van der Waals surface area contributed by atoms with Gasteiger partial charge in [-0.15, -0.1) is 10.2 Å². The molecule has 1 aromatic carbocycles. The molecule has 5 heteroatoms. The molecule has 0 spiro atoms. The van der Waals surface area contributed by atoms with Crippen LogP contribution in [0.4, 0.5) is 5.95 Å². The van der Waals surface area contributed by atoms with Crippen LogP contribution in [0.25, 0.3) is 11.4 Å². The number of hydrogen-bond acceptors (Lipinski definition) is 3. The van der Waals surface area contributed by atoms with Crippen LogP contribution in [-0.4, -0.2) is 21.3 Å². The van der Waals surface area contributed by atoms with Crippen molar-refractivity contribution in [3.63, 3.8) is 0 Å². The van der Waals surface area contributed by atoms with Crippen LogP contribution in [-0.2, 0) is 6.54 Å². The Morgan fingerprint density at radius 1 is 1.28 bits per heavy atom. The molecule has 18 heavy (non-hydrogen) atoms. The van der Waals surface area contributed by atoms with Crippen molar-refractivity contribution >= 4 is 21.9 Å². The molecule has 96 valence electrons. The van der Waals surface area contributed by atoms with Gasteiger partial charge in [-0.1, -0.05) is 22.0 Å². The lowest BCUT2D eigenvalue weighted by Crippen LogP contribution is -2.07. The van der Waals surface area contributed by atoms with Crippen LogP contribution in [0.5, 0.6) is 0 Å². The summed E-state index contributed by atoms with van der Waals surface area (Å²) < 4.78 is 3.15. The summed E-state index contributed by atoms with van der Waals surface area (Å²) in [6.07, 6.45) is 0. The first kappa shape index (κ1) is 13.1. The Balaban J connectivity index is 2.53. The van der Waals surface area contributed by atoms with Crippen molar-refractivity contribution in [2.75, 3.05) is 11.9 Å². The Kier molecular flexibility index (Phi) is 4.01. The SMILES string of the molecule is CCNc1nnc(-c2cc(Br)ccc2C)n1CC. The van der Waals surface area contributed by atoms with Crippen LogP contribution >= 0.6 is 15.9 Å². The predicted octanol–water partition coefficient (Wildman–Crippen LogP) is 3.47. The minimum Gasteiger partial charge on any atom is -0.355 e. The van der Waals surface area contributed by atoms with Gasteiger partial charge in [0.05, 0.1) is 0 Å². The smallest absolute Gasteiger partial charge is 0.224 e. The highest BCUT2D eigenvalue weighted by Gasteiger charge is 2.13. The van der Waals surface area contributed by atoms with Crippen molar-refractivity contribution in [3.05, 3.63) is 28.2 Å². The number of anilines is 1. The highest BCUT2D eigenvalue weighted by Crippen LogP contribution is 2.27. The normalized spacial score (nSPS) is 10.7. The second-order valence-corrected chi connectivity index (χ2v) is 5.00. The summed E-state index contributed by atoms with van der Waals surface area (Å²) in [5.41, 5.74) is 2.31. The van der Waals surface area contributed by atoms with Gasteiger partial charge in [0.15, 0.2) is 5.82 Å². The molecule has 0 radical (unpaired) electrons. The second kappa shape index (κ2) is 5.52. The summed E-state index contributed by atoms with van der Waals surface area (Å²) in [5.74, 6) is 1.74. The zero-order valence-electron chi connectivity index (χ0n) is 10.9. The first-order valence-electron chi connectivity index (χ1n) is 6.11. The predicted molar refractivity (Wildman–Crippen MR) is 77.7 cm³/mol. The van der Waals surface area contributed by atoms with Crippen LogP contribution in [0, 0.1) is 6.92 Å². The van der Waals surface area contributed by atoms with Crippen molar-refractivity contribution in [2.24, 2.45) is 0 Å². The third-order valence-corrected chi connectivity index (χ3v) is 3.34. The third kappa shape index (κ3) is 2.41. The quantitative estimate of drug-likeness (QED) is 0.940. The topological polar surface area (TPSA) is 42.7 Å². The van der Waals surface area contributed by atoms with E-state index in [9.17, 15) is 0 Å². The molecule has 0 aliphatic rings. The number of aromatic nitrogens is 3. The molecule has 0 bridgehead atoms. The van der Waals surface area contributed by atoms with Gasteiger partial charge in [0.1, 0.15) is 0 Å². The number of hydrogen-bond donors (Lipinski definition) is 1. The Morgan fingerprint density at radius 3 is 2.72 bits per heavy atom. The average molecular weight is 309 g/mol. The van der Waals surface area contributed by atoms with Crippen molar-refractivity contribution in [1.29, 1.82) is 0 Å². The molecule has 0 saturated carbocycles. The molecule has 0 atom stereocenters. The lowest BCUT2D eigenvalue weighted by Gasteiger charge is -2.10. The monoisotopic (exact) mass is 308 g/mol. The van der Waals surface area contributed by atoms with E-state index >= 15 is 0 Å². The number of nitrogens with one attached hydrogen (secondary N) is 1. The highest BCUT2D eigenvalue weighted by molar-refractivity contribution is 9.10. The number of nitrogens with zero attached hydrogens (tertiary/aromatic N) is 3. The zero-order chi connectivity index (χ0) is 13.1. The number of rotatable bonds is 4. The molecule has 0 fully saturated rings. The molecule has 0 unspecified atom stereocenters. The summed E-state index contributed by atoms with van der Waals surface area (Å²) in [4.78, 5) is 0. The molecular formula is C13H17BrN4. The van der Waals surface area contributed by atoms with Gasteiger partial charge < -0.3 is 5.32 Å². The van der Waals surface area contributed by atoms with Gasteiger partial charge in [0.25, 0.3) is 0 Å². The lowest BCUT2D eigenvalue weighted by molar-refractivity contribution is 0.770. The van der Waals surface area contributed by atoms with Crippen molar-refractivity contribution in [3.8, 4) is 11.4 Å². The minimum atomic E-state index is 0.828. The second-order valence-electron chi connectivity index (χ2n) is 4.08. The average Bonchev–Trinajstić information content (AvgIpc) is 2.75. The van der Waals surface area contributed by atoms with Gasteiger partial charge in [-0.3, -0.25) is 4.57 Å². The van der Waals surface area contributed by atoms with E-state index in [0.717, 1.165) is 34.9 Å². The molecule has 0 aliphatic heterocycles. The van der Waals surface area contributed by atoms with E-state index in [0.29, 0.717) is 0 Å². The lowest BCUT2D eigenvalue weighted by atomic mass is 10.1. The van der Waals surface area contributed by atoms with E-state index < -0.39 is 0 Å². The largest absolute Gasteiger partial charge is 0.355 e.